The molecule has 1 amide bonds. The van der Waals surface area contributed by atoms with Gasteiger partial charge in [-0.25, -0.2) is 9.78 Å². The van der Waals surface area contributed by atoms with E-state index in [-0.39, 0.29) is 27.0 Å². The zero-order valence-electron chi connectivity index (χ0n) is 11.3. The second kappa shape index (κ2) is 5.91. The molecule has 3 rings (SSSR count). The Balaban J connectivity index is 2.06. The number of carbonyl (C=O) groups excluding carboxylic acids is 1. The van der Waals surface area contributed by atoms with Crippen LogP contribution in [-0.4, -0.2) is 16.0 Å². The first-order valence-corrected chi connectivity index (χ1v) is 7.10. The minimum absolute atomic E-state index is 0.0718. The first kappa shape index (κ1) is 15.3. The Morgan fingerprint density at radius 1 is 1.17 bits per heavy atom. The topological polar surface area (TPSA) is 92.4 Å². The van der Waals surface area contributed by atoms with E-state index in [0.717, 1.165) is 0 Å². The van der Waals surface area contributed by atoms with Crippen LogP contribution in [0.25, 0.3) is 11.0 Å². The molecule has 0 aliphatic heterocycles. The molecule has 0 bridgehead atoms. The van der Waals surface area contributed by atoms with Crippen LogP contribution in [0, 0.1) is 0 Å². The second-order valence-electron chi connectivity index (χ2n) is 4.56. The van der Waals surface area contributed by atoms with Gasteiger partial charge >= 0.3 is 5.63 Å². The van der Waals surface area contributed by atoms with Gasteiger partial charge in [0.1, 0.15) is 21.6 Å². The highest BCUT2D eigenvalue weighted by atomic mass is 35.5. The van der Waals surface area contributed by atoms with E-state index < -0.39 is 22.8 Å². The monoisotopic (exact) mass is 350 g/mol. The third kappa shape index (κ3) is 2.99. The van der Waals surface area contributed by atoms with Gasteiger partial charge in [-0.2, -0.15) is 0 Å². The highest BCUT2D eigenvalue weighted by Gasteiger charge is 2.21. The van der Waals surface area contributed by atoms with Gasteiger partial charge in [0.2, 0.25) is 0 Å². The molecule has 6 nitrogen and oxygen atoms in total. The van der Waals surface area contributed by atoms with Gasteiger partial charge < -0.3 is 14.8 Å². The fourth-order valence-corrected chi connectivity index (χ4v) is 2.52. The second-order valence-corrected chi connectivity index (χ2v) is 5.34. The molecule has 3 aromatic rings. The van der Waals surface area contributed by atoms with Crippen LogP contribution in [0.5, 0.6) is 5.75 Å². The Labute approximate surface area is 139 Å². The fraction of sp³-hybridized carbons (Fsp3) is 0. The average Bonchev–Trinajstić information content (AvgIpc) is 2.46. The molecular weight excluding hydrogens is 343 g/mol. The molecule has 2 aromatic heterocycles. The smallest absolute Gasteiger partial charge is 0.353 e. The zero-order chi connectivity index (χ0) is 16.6. The Morgan fingerprint density at radius 3 is 2.52 bits per heavy atom. The number of aromatic hydroxyl groups is 1. The maximum Gasteiger partial charge on any atom is 0.353 e. The number of nitrogens with zero attached hydrogens (tertiary/aromatic N) is 1. The summed E-state index contributed by atoms with van der Waals surface area (Å²) in [6.45, 7) is 0. The van der Waals surface area contributed by atoms with E-state index in [4.69, 9.17) is 27.6 Å². The van der Waals surface area contributed by atoms with Crippen LogP contribution in [0.15, 0.2) is 45.6 Å². The maximum absolute atomic E-state index is 12.3. The predicted molar refractivity (Wildman–Crippen MR) is 86.4 cm³/mol. The summed E-state index contributed by atoms with van der Waals surface area (Å²) in [5.41, 5.74) is -1.05. The van der Waals surface area contributed by atoms with Crippen molar-refractivity contribution in [1.29, 1.82) is 0 Å². The van der Waals surface area contributed by atoms with E-state index in [0.29, 0.717) is 0 Å². The van der Waals surface area contributed by atoms with Crippen molar-refractivity contribution >= 4 is 45.8 Å². The summed E-state index contributed by atoms with van der Waals surface area (Å²) in [6.07, 6.45) is 0. The van der Waals surface area contributed by atoms with Crippen molar-refractivity contribution < 1.29 is 14.3 Å². The van der Waals surface area contributed by atoms with Crippen molar-refractivity contribution in [3.8, 4) is 5.75 Å². The quantitative estimate of drug-likeness (QED) is 0.545. The van der Waals surface area contributed by atoms with Gasteiger partial charge in [0.05, 0.1) is 5.39 Å². The molecule has 2 N–H and O–H groups in total. The van der Waals surface area contributed by atoms with Crippen LogP contribution in [0.2, 0.25) is 10.3 Å². The lowest BCUT2D eigenvalue weighted by Crippen LogP contribution is -2.21. The van der Waals surface area contributed by atoms with E-state index in [1.807, 2.05) is 0 Å². The number of halogens is 2. The highest BCUT2D eigenvalue weighted by molar-refractivity contribution is 6.33. The summed E-state index contributed by atoms with van der Waals surface area (Å²) in [7, 11) is 0. The molecule has 0 atom stereocenters. The number of anilines is 1. The van der Waals surface area contributed by atoms with Gasteiger partial charge in [-0.15, -0.1) is 0 Å². The van der Waals surface area contributed by atoms with Crippen molar-refractivity contribution in [3.05, 3.63) is 62.7 Å². The Kier molecular flexibility index (Phi) is 3.94. The van der Waals surface area contributed by atoms with Crippen molar-refractivity contribution in [2.24, 2.45) is 0 Å². The summed E-state index contributed by atoms with van der Waals surface area (Å²) in [5, 5.41) is 13.0. The van der Waals surface area contributed by atoms with Gasteiger partial charge in [-0.05, 0) is 24.3 Å². The summed E-state index contributed by atoms with van der Waals surface area (Å²) in [4.78, 5) is 28.0. The van der Waals surface area contributed by atoms with Gasteiger partial charge in [0.15, 0.2) is 5.56 Å². The molecule has 2 heterocycles. The fourth-order valence-electron chi connectivity index (χ4n) is 2.06. The standard InChI is InChI=1S/C15H8Cl2N2O4/c16-10-5-7(6-11(17)19-10)18-14(21)12-13(20)8-3-1-2-4-9(8)23-15(12)22/h1-6,20H,(H,18,19,21). The number of benzene rings is 1. The molecule has 8 heteroatoms. The van der Waals surface area contributed by atoms with E-state index in [1.54, 1.807) is 12.1 Å². The van der Waals surface area contributed by atoms with Crippen LogP contribution in [0.4, 0.5) is 5.69 Å². The van der Waals surface area contributed by atoms with Gasteiger partial charge in [0, 0.05) is 5.69 Å². The summed E-state index contributed by atoms with van der Waals surface area (Å²) < 4.78 is 5.04. The maximum atomic E-state index is 12.3. The molecule has 0 radical (unpaired) electrons. The lowest BCUT2D eigenvalue weighted by atomic mass is 10.1. The van der Waals surface area contributed by atoms with Crippen LogP contribution in [0.1, 0.15) is 10.4 Å². The number of para-hydroxylation sites is 1. The lowest BCUT2D eigenvalue weighted by molar-refractivity contribution is 0.102. The first-order valence-electron chi connectivity index (χ1n) is 6.35. The molecular formula is C15H8Cl2N2O4. The van der Waals surface area contributed by atoms with Crippen molar-refractivity contribution in [2.45, 2.75) is 0 Å². The number of aromatic nitrogens is 1. The van der Waals surface area contributed by atoms with Crippen molar-refractivity contribution in [3.63, 3.8) is 0 Å². The zero-order valence-corrected chi connectivity index (χ0v) is 12.9. The van der Waals surface area contributed by atoms with Crippen LogP contribution < -0.4 is 10.9 Å². The Morgan fingerprint density at radius 2 is 1.83 bits per heavy atom. The third-order valence-electron chi connectivity index (χ3n) is 3.03. The summed E-state index contributed by atoms with van der Waals surface area (Å²) >= 11 is 11.5. The molecule has 0 saturated heterocycles. The Hall–Kier alpha value is -2.57. The number of pyridine rings is 1. The first-order chi connectivity index (χ1) is 11.0. The number of carbonyl (C=O) groups is 1. The van der Waals surface area contributed by atoms with Crippen molar-refractivity contribution in [2.75, 3.05) is 5.32 Å². The largest absolute Gasteiger partial charge is 0.506 e. The predicted octanol–water partition coefficient (Wildman–Crippen LogP) is 3.45. The van der Waals surface area contributed by atoms with E-state index in [2.05, 4.69) is 10.3 Å². The molecule has 0 fully saturated rings. The minimum Gasteiger partial charge on any atom is -0.506 e. The molecule has 0 saturated carbocycles. The summed E-state index contributed by atoms with van der Waals surface area (Å²) in [6, 6.07) is 9.04. The number of hydrogen-bond acceptors (Lipinski definition) is 5. The molecule has 1 aromatic carbocycles. The van der Waals surface area contributed by atoms with Crippen LogP contribution >= 0.6 is 23.2 Å². The SMILES string of the molecule is O=C(Nc1cc(Cl)nc(Cl)c1)c1c(O)c2ccccc2oc1=O. The third-order valence-corrected chi connectivity index (χ3v) is 3.42. The minimum atomic E-state index is -0.954. The van der Waals surface area contributed by atoms with E-state index in [1.165, 1.54) is 24.3 Å². The van der Waals surface area contributed by atoms with Gasteiger partial charge in [-0.1, -0.05) is 35.3 Å². The molecule has 0 aliphatic rings. The van der Waals surface area contributed by atoms with Crippen molar-refractivity contribution in [1.82, 2.24) is 4.98 Å². The molecule has 0 aliphatic carbocycles. The number of rotatable bonds is 2. The number of fused-ring (bicyclic) bond motifs is 1. The average molecular weight is 351 g/mol. The van der Waals surface area contributed by atoms with Gasteiger partial charge in [0.25, 0.3) is 5.91 Å². The molecule has 0 unspecified atom stereocenters. The number of amides is 1. The van der Waals surface area contributed by atoms with E-state index >= 15 is 0 Å². The lowest BCUT2D eigenvalue weighted by Gasteiger charge is -2.08. The summed E-state index contributed by atoms with van der Waals surface area (Å²) in [5.74, 6) is -1.30. The normalized spacial score (nSPS) is 10.7. The van der Waals surface area contributed by atoms with E-state index in [9.17, 15) is 14.7 Å². The molecule has 23 heavy (non-hydrogen) atoms. The van der Waals surface area contributed by atoms with Crippen LogP contribution in [0.3, 0.4) is 0 Å². The Bertz CT molecular complexity index is 965. The molecule has 0 spiro atoms. The number of nitrogens with one attached hydrogen (secondary N) is 1. The van der Waals surface area contributed by atoms with Gasteiger partial charge in [-0.3, -0.25) is 4.79 Å². The number of hydrogen-bond donors (Lipinski definition) is 2. The highest BCUT2D eigenvalue weighted by Crippen LogP contribution is 2.27. The molecule has 116 valence electrons. The van der Waals surface area contributed by atoms with Crippen LogP contribution in [-0.2, 0) is 0 Å².